The predicted molar refractivity (Wildman–Crippen MR) is 93.4 cm³/mol. The highest BCUT2D eigenvalue weighted by Gasteiger charge is 2.51. The van der Waals surface area contributed by atoms with Gasteiger partial charge in [0.1, 0.15) is 12.0 Å². The van der Waals surface area contributed by atoms with Crippen LogP contribution in [0.25, 0.3) is 0 Å². The molecule has 1 aromatic rings. The second kappa shape index (κ2) is 7.84. The number of nitrogens with zero attached hydrogens (tertiary/aromatic N) is 2. The van der Waals surface area contributed by atoms with Crippen molar-refractivity contribution in [1.29, 1.82) is 0 Å². The summed E-state index contributed by atoms with van der Waals surface area (Å²) in [4.78, 5) is 14.4. The number of benzene rings is 1. The van der Waals surface area contributed by atoms with Crippen LogP contribution in [0.1, 0.15) is 18.5 Å². The minimum absolute atomic E-state index is 0.183. The van der Waals surface area contributed by atoms with Crippen molar-refractivity contribution in [3.63, 3.8) is 0 Å². The number of carbonyl (C=O) groups is 1. The van der Waals surface area contributed by atoms with Crippen LogP contribution in [0.4, 0.5) is 13.2 Å². The monoisotopic (exact) mass is 403 g/mol. The maximum Gasteiger partial charge on any atom is 0.573 e. The molecule has 1 amide bonds. The molecule has 0 aromatic heterocycles. The first-order valence-corrected chi connectivity index (χ1v) is 8.84. The van der Waals surface area contributed by atoms with E-state index in [1.54, 1.807) is 12.1 Å². The fourth-order valence-electron chi connectivity index (χ4n) is 3.58. The van der Waals surface area contributed by atoms with Gasteiger partial charge in [-0.2, -0.15) is 0 Å². The number of aliphatic hydroxyl groups is 1. The van der Waals surface area contributed by atoms with Gasteiger partial charge >= 0.3 is 6.36 Å². The molecule has 0 saturated carbocycles. The smallest absolute Gasteiger partial charge is 0.406 e. The molecule has 4 N–H and O–H groups in total. The lowest BCUT2D eigenvalue weighted by atomic mass is 9.95. The van der Waals surface area contributed by atoms with Gasteiger partial charge in [-0.25, -0.2) is 10.4 Å². The number of hydrazine groups is 1. The lowest BCUT2D eigenvalue weighted by Crippen LogP contribution is -2.68. The molecular weight excluding hydrogens is 379 g/mol. The van der Waals surface area contributed by atoms with Crippen LogP contribution in [0.2, 0.25) is 0 Å². The van der Waals surface area contributed by atoms with Gasteiger partial charge in [-0.05, 0) is 38.7 Å². The van der Waals surface area contributed by atoms with E-state index in [2.05, 4.69) is 20.8 Å². The molecule has 0 spiro atoms. The van der Waals surface area contributed by atoms with Crippen LogP contribution < -0.4 is 20.8 Å². The number of fused-ring (bicyclic) bond motifs is 1. The normalized spacial score (nSPS) is 29.5. The van der Waals surface area contributed by atoms with Crippen LogP contribution in [-0.2, 0) is 4.79 Å². The van der Waals surface area contributed by atoms with Gasteiger partial charge in [-0.1, -0.05) is 12.1 Å². The number of rotatable bonds is 5. The van der Waals surface area contributed by atoms with Crippen LogP contribution >= 0.6 is 0 Å². The molecule has 3 rings (SSSR count). The van der Waals surface area contributed by atoms with Gasteiger partial charge in [-0.15, -0.1) is 13.2 Å². The summed E-state index contributed by atoms with van der Waals surface area (Å²) in [5.41, 5.74) is 3.88. The molecule has 0 radical (unpaired) electrons. The average Bonchev–Trinajstić information content (AvgIpc) is 2.99. The first-order chi connectivity index (χ1) is 13.1. The van der Waals surface area contributed by atoms with Crippen molar-refractivity contribution >= 4 is 5.91 Å². The van der Waals surface area contributed by atoms with Gasteiger partial charge in [0.25, 0.3) is 0 Å². The third kappa shape index (κ3) is 4.23. The van der Waals surface area contributed by atoms with E-state index in [0.717, 1.165) is 5.56 Å². The van der Waals surface area contributed by atoms with E-state index in [9.17, 15) is 23.1 Å². The van der Waals surface area contributed by atoms with Crippen molar-refractivity contribution < 1.29 is 27.8 Å². The number of aliphatic hydroxyl groups excluding tert-OH is 1. The summed E-state index contributed by atoms with van der Waals surface area (Å²) < 4.78 is 40.9. The van der Waals surface area contributed by atoms with Crippen molar-refractivity contribution in [2.24, 2.45) is 5.92 Å². The third-order valence-corrected chi connectivity index (χ3v) is 5.03. The minimum atomic E-state index is -4.74. The van der Waals surface area contributed by atoms with Gasteiger partial charge in [-0.3, -0.25) is 15.0 Å². The zero-order chi connectivity index (χ0) is 20.6. The van der Waals surface area contributed by atoms with E-state index < -0.39 is 24.5 Å². The topological polar surface area (TPSA) is 89.1 Å². The zero-order valence-electron chi connectivity index (χ0n) is 15.7. The van der Waals surface area contributed by atoms with Gasteiger partial charge in [0, 0.05) is 6.04 Å². The Balaban J connectivity index is 1.80. The standard InChI is InChI=1S/C17H24F3N5O3/c1-9(10-4-6-11(7-5-10)28-17(18,19)20)25-14-13(12(8-26)23-25)15(27)22-16(21-14)24(2)3/h4-7,9,12-14,16,21,23,26H,8H2,1-3H3,(H,22,27). The van der Waals surface area contributed by atoms with E-state index in [4.69, 9.17) is 0 Å². The zero-order valence-corrected chi connectivity index (χ0v) is 15.7. The minimum Gasteiger partial charge on any atom is -0.406 e. The number of ether oxygens (including phenoxy) is 1. The molecule has 2 aliphatic heterocycles. The lowest BCUT2D eigenvalue weighted by molar-refractivity contribution is -0.274. The molecule has 2 heterocycles. The van der Waals surface area contributed by atoms with Crippen molar-refractivity contribution in [3.8, 4) is 5.75 Å². The Hall–Kier alpha value is -1.92. The van der Waals surface area contributed by atoms with E-state index in [1.807, 2.05) is 30.9 Å². The highest BCUT2D eigenvalue weighted by atomic mass is 19.4. The summed E-state index contributed by atoms with van der Waals surface area (Å²) >= 11 is 0. The fourth-order valence-corrected chi connectivity index (χ4v) is 3.58. The van der Waals surface area contributed by atoms with Crippen LogP contribution in [-0.4, -0.2) is 66.5 Å². The Morgan fingerprint density at radius 1 is 1.29 bits per heavy atom. The molecule has 5 atom stereocenters. The summed E-state index contributed by atoms with van der Waals surface area (Å²) in [5, 5.41) is 17.7. The molecule has 28 heavy (non-hydrogen) atoms. The van der Waals surface area contributed by atoms with E-state index in [0.29, 0.717) is 0 Å². The van der Waals surface area contributed by atoms with Crippen LogP contribution in [0.5, 0.6) is 5.75 Å². The molecule has 0 bridgehead atoms. The molecular formula is C17H24F3N5O3. The number of hydrogen-bond donors (Lipinski definition) is 4. The fraction of sp³-hybridized carbons (Fsp3) is 0.588. The third-order valence-electron chi connectivity index (χ3n) is 5.03. The molecule has 8 nitrogen and oxygen atoms in total. The summed E-state index contributed by atoms with van der Waals surface area (Å²) in [6.45, 7) is 1.63. The SMILES string of the molecule is CC(c1ccc(OC(F)(F)F)cc1)N1NC(CO)C2C(=O)NC(N(C)C)NC21. The maximum atomic E-state index is 12.6. The lowest BCUT2D eigenvalue weighted by Gasteiger charge is -2.41. The van der Waals surface area contributed by atoms with E-state index >= 15 is 0 Å². The predicted octanol–water partition coefficient (Wildman–Crippen LogP) is 0.334. The van der Waals surface area contributed by atoms with Gasteiger partial charge in [0.05, 0.1) is 24.7 Å². The van der Waals surface area contributed by atoms with Crippen molar-refractivity contribution in [3.05, 3.63) is 29.8 Å². The largest absolute Gasteiger partial charge is 0.573 e. The van der Waals surface area contributed by atoms with Gasteiger partial charge in [0.15, 0.2) is 0 Å². The Labute approximate surface area is 160 Å². The Bertz CT molecular complexity index is 700. The number of carbonyl (C=O) groups excluding carboxylic acids is 1. The van der Waals surface area contributed by atoms with E-state index in [-0.39, 0.29) is 30.6 Å². The Morgan fingerprint density at radius 2 is 1.93 bits per heavy atom. The molecule has 2 saturated heterocycles. The average molecular weight is 403 g/mol. The number of amides is 1. The summed E-state index contributed by atoms with van der Waals surface area (Å²) in [6.07, 6.45) is -5.53. The van der Waals surface area contributed by atoms with Gasteiger partial charge < -0.3 is 15.2 Å². The first kappa shape index (κ1) is 20.8. The highest BCUT2D eigenvalue weighted by molar-refractivity contribution is 5.81. The Morgan fingerprint density at radius 3 is 2.46 bits per heavy atom. The number of nitrogens with one attached hydrogen (secondary N) is 3. The van der Waals surface area contributed by atoms with Crippen LogP contribution in [0, 0.1) is 5.92 Å². The second-order valence-corrected chi connectivity index (χ2v) is 7.13. The highest BCUT2D eigenvalue weighted by Crippen LogP contribution is 2.32. The second-order valence-electron chi connectivity index (χ2n) is 7.13. The molecule has 5 unspecified atom stereocenters. The summed E-state index contributed by atoms with van der Waals surface area (Å²) in [7, 11) is 3.63. The van der Waals surface area contributed by atoms with Crippen molar-refractivity contribution in [2.75, 3.05) is 20.7 Å². The molecule has 11 heteroatoms. The van der Waals surface area contributed by atoms with Crippen molar-refractivity contribution in [2.45, 2.75) is 37.8 Å². The van der Waals surface area contributed by atoms with Crippen LogP contribution in [0.3, 0.4) is 0 Å². The molecule has 2 aliphatic rings. The quantitative estimate of drug-likeness (QED) is 0.564. The number of halogens is 3. The molecule has 1 aromatic carbocycles. The van der Waals surface area contributed by atoms with Crippen LogP contribution in [0.15, 0.2) is 24.3 Å². The Kier molecular flexibility index (Phi) is 5.82. The molecule has 2 fully saturated rings. The number of hydrogen-bond acceptors (Lipinski definition) is 7. The first-order valence-electron chi connectivity index (χ1n) is 8.84. The summed E-state index contributed by atoms with van der Waals surface area (Å²) in [6, 6.07) is 4.82. The number of alkyl halides is 3. The van der Waals surface area contributed by atoms with E-state index in [1.165, 1.54) is 12.1 Å². The molecule has 0 aliphatic carbocycles. The van der Waals surface area contributed by atoms with Crippen molar-refractivity contribution in [1.82, 2.24) is 26.0 Å². The maximum absolute atomic E-state index is 12.6. The van der Waals surface area contributed by atoms with Gasteiger partial charge in [0.2, 0.25) is 5.91 Å². The summed E-state index contributed by atoms with van der Waals surface area (Å²) in [5.74, 6) is -0.999. The molecule has 156 valence electrons.